The first-order valence-electron chi connectivity index (χ1n) is 6.33. The van der Waals surface area contributed by atoms with Crippen molar-refractivity contribution in [3.63, 3.8) is 0 Å². The zero-order chi connectivity index (χ0) is 15.5. The standard InChI is InChI=1S/C15H15N3O2S/c1-11-7-12(2)17-15(8-11)18-21(19,20)10-14-5-3-13(9-16)4-6-14/h3-8H,10H2,1-2H3,(H,17,18). The van der Waals surface area contributed by atoms with Crippen molar-refractivity contribution >= 4 is 15.8 Å². The van der Waals surface area contributed by atoms with E-state index in [1.54, 1.807) is 30.3 Å². The molecule has 108 valence electrons. The number of anilines is 1. The molecule has 2 rings (SSSR count). The van der Waals surface area contributed by atoms with Gasteiger partial charge in [-0.05, 0) is 49.2 Å². The summed E-state index contributed by atoms with van der Waals surface area (Å²) < 4.78 is 26.7. The van der Waals surface area contributed by atoms with E-state index in [1.807, 2.05) is 26.0 Å². The van der Waals surface area contributed by atoms with Crippen molar-refractivity contribution in [1.29, 1.82) is 5.26 Å². The lowest BCUT2D eigenvalue weighted by Crippen LogP contribution is -2.16. The molecule has 0 aliphatic rings. The number of nitrogens with one attached hydrogen (secondary N) is 1. The minimum Gasteiger partial charge on any atom is -0.267 e. The quantitative estimate of drug-likeness (QED) is 0.940. The molecule has 0 saturated heterocycles. The van der Waals surface area contributed by atoms with Crippen molar-refractivity contribution in [3.8, 4) is 6.07 Å². The summed E-state index contributed by atoms with van der Waals surface area (Å²) in [5.41, 5.74) is 2.82. The van der Waals surface area contributed by atoms with E-state index in [4.69, 9.17) is 5.26 Å². The van der Waals surface area contributed by atoms with Gasteiger partial charge < -0.3 is 0 Å². The predicted octanol–water partition coefficient (Wildman–Crippen LogP) is 2.51. The van der Waals surface area contributed by atoms with Crippen molar-refractivity contribution in [2.45, 2.75) is 19.6 Å². The lowest BCUT2D eigenvalue weighted by Gasteiger charge is -2.09. The summed E-state index contributed by atoms with van der Waals surface area (Å²) >= 11 is 0. The maximum Gasteiger partial charge on any atom is 0.238 e. The van der Waals surface area contributed by atoms with Crippen molar-refractivity contribution in [2.24, 2.45) is 0 Å². The Morgan fingerprint density at radius 2 is 1.86 bits per heavy atom. The van der Waals surface area contributed by atoms with Gasteiger partial charge in [0.25, 0.3) is 0 Å². The number of aromatic nitrogens is 1. The van der Waals surface area contributed by atoms with Crippen LogP contribution in [0.2, 0.25) is 0 Å². The van der Waals surface area contributed by atoms with E-state index in [0.717, 1.165) is 11.3 Å². The first-order chi connectivity index (χ1) is 9.88. The molecule has 0 saturated carbocycles. The molecule has 0 unspecified atom stereocenters. The number of nitriles is 1. The Bertz CT molecular complexity index is 770. The highest BCUT2D eigenvalue weighted by atomic mass is 32.2. The van der Waals surface area contributed by atoms with Gasteiger partial charge in [-0.25, -0.2) is 13.4 Å². The fourth-order valence-corrected chi connectivity index (χ4v) is 3.11. The molecule has 0 aliphatic heterocycles. The van der Waals surface area contributed by atoms with Crippen LogP contribution in [0, 0.1) is 25.2 Å². The molecule has 0 atom stereocenters. The van der Waals surface area contributed by atoms with Gasteiger partial charge in [0.1, 0.15) is 5.82 Å². The van der Waals surface area contributed by atoms with Crippen LogP contribution in [0.3, 0.4) is 0 Å². The third kappa shape index (κ3) is 4.29. The van der Waals surface area contributed by atoms with E-state index in [9.17, 15) is 8.42 Å². The maximum atomic E-state index is 12.1. The first kappa shape index (κ1) is 15.0. The van der Waals surface area contributed by atoms with Gasteiger partial charge in [-0.15, -0.1) is 0 Å². The second-order valence-corrected chi connectivity index (χ2v) is 6.56. The van der Waals surface area contributed by atoms with Gasteiger partial charge in [-0.3, -0.25) is 4.72 Å². The van der Waals surface area contributed by atoms with Crippen molar-refractivity contribution in [2.75, 3.05) is 4.72 Å². The molecule has 2 aromatic rings. The highest BCUT2D eigenvalue weighted by Gasteiger charge is 2.13. The second kappa shape index (κ2) is 5.94. The summed E-state index contributed by atoms with van der Waals surface area (Å²) in [7, 11) is -3.54. The van der Waals surface area contributed by atoms with E-state index < -0.39 is 10.0 Å². The summed E-state index contributed by atoms with van der Waals surface area (Å²) in [5, 5.41) is 8.72. The number of hydrogen-bond acceptors (Lipinski definition) is 4. The molecule has 0 spiro atoms. The number of pyridine rings is 1. The van der Waals surface area contributed by atoms with Crippen LogP contribution in [0.25, 0.3) is 0 Å². The van der Waals surface area contributed by atoms with Crippen LogP contribution >= 0.6 is 0 Å². The van der Waals surface area contributed by atoms with Gasteiger partial charge in [0.2, 0.25) is 10.0 Å². The summed E-state index contributed by atoms with van der Waals surface area (Å²) in [6, 6.07) is 12.0. The predicted molar refractivity (Wildman–Crippen MR) is 81.1 cm³/mol. The van der Waals surface area contributed by atoms with E-state index in [-0.39, 0.29) is 5.75 Å². The molecule has 1 heterocycles. The molecule has 1 aromatic carbocycles. The van der Waals surface area contributed by atoms with Gasteiger partial charge >= 0.3 is 0 Å². The number of rotatable bonds is 4. The van der Waals surface area contributed by atoms with Crippen molar-refractivity contribution in [1.82, 2.24) is 4.98 Å². The number of nitrogens with zero attached hydrogens (tertiary/aromatic N) is 2. The zero-order valence-electron chi connectivity index (χ0n) is 11.8. The minimum atomic E-state index is -3.54. The molecule has 5 nitrogen and oxygen atoms in total. The molecule has 0 aliphatic carbocycles. The van der Waals surface area contributed by atoms with Crippen LogP contribution < -0.4 is 4.72 Å². The SMILES string of the molecule is Cc1cc(C)nc(NS(=O)(=O)Cc2ccc(C#N)cc2)c1. The topological polar surface area (TPSA) is 82.8 Å². The third-order valence-corrected chi connectivity index (χ3v) is 4.03. The van der Waals surface area contributed by atoms with Gasteiger partial charge in [0.15, 0.2) is 0 Å². The molecule has 21 heavy (non-hydrogen) atoms. The van der Waals surface area contributed by atoms with Crippen LogP contribution in [-0.4, -0.2) is 13.4 Å². The number of aryl methyl sites for hydroxylation is 2. The molecule has 0 bridgehead atoms. The van der Waals surface area contributed by atoms with Crippen LogP contribution in [-0.2, 0) is 15.8 Å². The van der Waals surface area contributed by atoms with Crippen LogP contribution in [0.4, 0.5) is 5.82 Å². The number of benzene rings is 1. The number of hydrogen-bond donors (Lipinski definition) is 1. The lowest BCUT2D eigenvalue weighted by atomic mass is 10.2. The second-order valence-electron chi connectivity index (χ2n) is 4.84. The Kier molecular flexibility index (Phi) is 4.24. The Morgan fingerprint density at radius 1 is 1.19 bits per heavy atom. The molecule has 1 aromatic heterocycles. The molecular weight excluding hydrogens is 286 g/mol. The van der Waals surface area contributed by atoms with Crippen LogP contribution in [0.15, 0.2) is 36.4 Å². The zero-order valence-corrected chi connectivity index (χ0v) is 12.6. The maximum absolute atomic E-state index is 12.1. The Balaban J connectivity index is 2.16. The fourth-order valence-electron chi connectivity index (χ4n) is 1.98. The fraction of sp³-hybridized carbons (Fsp3) is 0.200. The largest absolute Gasteiger partial charge is 0.267 e. The minimum absolute atomic E-state index is 0.159. The number of sulfonamides is 1. The van der Waals surface area contributed by atoms with Crippen LogP contribution in [0.1, 0.15) is 22.4 Å². The Labute approximate surface area is 124 Å². The van der Waals surface area contributed by atoms with Crippen molar-refractivity contribution in [3.05, 3.63) is 58.8 Å². The van der Waals surface area contributed by atoms with Gasteiger partial charge in [0, 0.05) is 5.69 Å². The lowest BCUT2D eigenvalue weighted by molar-refractivity contribution is 0.600. The molecule has 1 N–H and O–H groups in total. The van der Waals surface area contributed by atoms with Crippen LogP contribution in [0.5, 0.6) is 0 Å². The van der Waals surface area contributed by atoms with Gasteiger partial charge in [-0.2, -0.15) is 5.26 Å². The van der Waals surface area contributed by atoms with E-state index in [0.29, 0.717) is 16.9 Å². The van der Waals surface area contributed by atoms with Gasteiger partial charge in [0.05, 0.1) is 17.4 Å². The smallest absolute Gasteiger partial charge is 0.238 e. The normalized spacial score (nSPS) is 10.9. The van der Waals surface area contributed by atoms with E-state index >= 15 is 0 Å². The van der Waals surface area contributed by atoms with Gasteiger partial charge in [-0.1, -0.05) is 12.1 Å². The van der Waals surface area contributed by atoms with E-state index in [2.05, 4.69) is 9.71 Å². The molecular formula is C15H15N3O2S. The summed E-state index contributed by atoms with van der Waals surface area (Å²) in [4.78, 5) is 4.15. The molecule has 0 radical (unpaired) electrons. The third-order valence-electron chi connectivity index (χ3n) is 2.80. The first-order valence-corrected chi connectivity index (χ1v) is 7.98. The highest BCUT2D eigenvalue weighted by Crippen LogP contribution is 2.14. The van der Waals surface area contributed by atoms with E-state index in [1.165, 1.54) is 0 Å². The Hall–Kier alpha value is -2.39. The average molecular weight is 301 g/mol. The summed E-state index contributed by atoms with van der Waals surface area (Å²) in [6.45, 7) is 3.69. The molecule has 0 fully saturated rings. The summed E-state index contributed by atoms with van der Waals surface area (Å²) in [6.07, 6.45) is 0. The average Bonchev–Trinajstić information content (AvgIpc) is 2.37. The molecule has 0 amide bonds. The summed E-state index contributed by atoms with van der Waals surface area (Å²) in [5.74, 6) is 0.161. The highest BCUT2D eigenvalue weighted by molar-refractivity contribution is 7.91. The van der Waals surface area contributed by atoms with Crippen molar-refractivity contribution < 1.29 is 8.42 Å². The monoisotopic (exact) mass is 301 g/mol. The molecule has 6 heteroatoms. The Morgan fingerprint density at radius 3 is 2.43 bits per heavy atom.